The monoisotopic (exact) mass is 391 g/mol. The summed E-state index contributed by atoms with van der Waals surface area (Å²) in [7, 11) is 0. The Morgan fingerprint density at radius 2 is 0.733 bits per heavy atom. The Labute approximate surface area is 178 Å². The molecule has 0 aromatic heterocycles. The van der Waals surface area contributed by atoms with Crippen molar-refractivity contribution in [1.29, 1.82) is 0 Å². The Morgan fingerprint density at radius 1 is 0.467 bits per heavy atom. The number of ketones is 1. The molecule has 4 rings (SSSR count). The van der Waals surface area contributed by atoms with Gasteiger partial charge in [-0.15, -0.1) is 0 Å². The maximum Gasteiger partial charge on any atom is 0.193 e. The number of nitrogens with zero attached hydrogens (tertiary/aromatic N) is 1. The summed E-state index contributed by atoms with van der Waals surface area (Å²) in [5.41, 5.74) is 8.18. The van der Waals surface area contributed by atoms with Crippen LogP contribution in [0, 0.1) is 20.8 Å². The van der Waals surface area contributed by atoms with Crippen LogP contribution < -0.4 is 4.90 Å². The van der Waals surface area contributed by atoms with Crippen molar-refractivity contribution in [2.75, 3.05) is 4.90 Å². The maximum atomic E-state index is 12.8. The second-order valence-electron chi connectivity index (χ2n) is 7.75. The van der Waals surface area contributed by atoms with Crippen LogP contribution in [0.25, 0.3) is 0 Å². The molecule has 0 fully saturated rings. The van der Waals surface area contributed by atoms with Crippen LogP contribution in [0.1, 0.15) is 32.6 Å². The van der Waals surface area contributed by atoms with Crippen molar-refractivity contribution in [3.8, 4) is 0 Å². The Balaban J connectivity index is 1.70. The van der Waals surface area contributed by atoms with Gasteiger partial charge in [0.05, 0.1) is 0 Å². The van der Waals surface area contributed by atoms with Crippen LogP contribution >= 0.6 is 0 Å². The smallest absolute Gasteiger partial charge is 0.193 e. The first-order valence-electron chi connectivity index (χ1n) is 10.2. The zero-order valence-electron chi connectivity index (χ0n) is 17.6. The van der Waals surface area contributed by atoms with Crippen LogP contribution in [0.2, 0.25) is 0 Å². The number of rotatable bonds is 5. The molecule has 4 aromatic carbocycles. The summed E-state index contributed by atoms with van der Waals surface area (Å²) in [5, 5.41) is 0. The minimum absolute atomic E-state index is 0.0405. The van der Waals surface area contributed by atoms with Gasteiger partial charge in [0.15, 0.2) is 5.78 Å². The molecule has 2 heteroatoms. The number of aryl methyl sites for hydroxylation is 3. The molecule has 0 amide bonds. The minimum Gasteiger partial charge on any atom is -0.311 e. The van der Waals surface area contributed by atoms with Gasteiger partial charge in [-0.05, 0) is 69.3 Å². The summed E-state index contributed by atoms with van der Waals surface area (Å²) in [6, 6.07) is 32.5. The molecule has 0 unspecified atom stereocenters. The van der Waals surface area contributed by atoms with Crippen LogP contribution in [-0.4, -0.2) is 5.78 Å². The lowest BCUT2D eigenvalue weighted by atomic mass is 10.0. The predicted octanol–water partition coefficient (Wildman–Crippen LogP) is 7.31. The third-order valence-corrected chi connectivity index (χ3v) is 5.29. The van der Waals surface area contributed by atoms with Crippen LogP contribution in [-0.2, 0) is 0 Å². The van der Waals surface area contributed by atoms with Gasteiger partial charge in [-0.25, -0.2) is 0 Å². The van der Waals surface area contributed by atoms with Gasteiger partial charge >= 0.3 is 0 Å². The van der Waals surface area contributed by atoms with E-state index in [2.05, 4.69) is 67.3 Å². The van der Waals surface area contributed by atoms with Gasteiger partial charge in [-0.3, -0.25) is 4.79 Å². The normalized spacial score (nSPS) is 10.6. The summed E-state index contributed by atoms with van der Waals surface area (Å²) in [6.45, 7) is 6.20. The van der Waals surface area contributed by atoms with E-state index < -0.39 is 0 Å². The highest BCUT2D eigenvalue weighted by Gasteiger charge is 2.14. The van der Waals surface area contributed by atoms with Crippen LogP contribution in [0.4, 0.5) is 17.1 Å². The SMILES string of the molecule is Cc1ccc(C(=O)c2ccc(N(c3ccc(C)cc3)c3ccc(C)cc3)cc2)cc1. The summed E-state index contributed by atoms with van der Waals surface area (Å²) in [5.74, 6) is 0.0405. The molecule has 0 aliphatic rings. The molecule has 0 N–H and O–H groups in total. The van der Waals surface area contributed by atoms with E-state index in [0.29, 0.717) is 11.1 Å². The highest BCUT2D eigenvalue weighted by molar-refractivity contribution is 6.09. The molecule has 0 heterocycles. The van der Waals surface area contributed by atoms with E-state index in [1.807, 2.05) is 55.5 Å². The molecule has 0 saturated heterocycles. The Hall–Kier alpha value is -3.65. The highest BCUT2D eigenvalue weighted by atomic mass is 16.1. The van der Waals surface area contributed by atoms with E-state index in [9.17, 15) is 4.79 Å². The first-order chi connectivity index (χ1) is 14.5. The molecule has 30 heavy (non-hydrogen) atoms. The predicted molar refractivity (Wildman–Crippen MR) is 125 cm³/mol. The molecule has 0 aliphatic carbocycles. The minimum atomic E-state index is 0.0405. The van der Waals surface area contributed by atoms with Gasteiger partial charge in [0.1, 0.15) is 0 Å². The first-order valence-corrected chi connectivity index (χ1v) is 10.2. The van der Waals surface area contributed by atoms with Gasteiger partial charge in [0.25, 0.3) is 0 Å². The van der Waals surface area contributed by atoms with Gasteiger partial charge < -0.3 is 4.90 Å². The average molecular weight is 392 g/mol. The van der Waals surface area contributed by atoms with Crippen molar-refractivity contribution in [2.45, 2.75) is 20.8 Å². The van der Waals surface area contributed by atoms with Gasteiger partial charge in [-0.2, -0.15) is 0 Å². The summed E-state index contributed by atoms with van der Waals surface area (Å²) in [4.78, 5) is 15.0. The van der Waals surface area contributed by atoms with E-state index >= 15 is 0 Å². The third-order valence-electron chi connectivity index (χ3n) is 5.29. The van der Waals surface area contributed by atoms with E-state index in [0.717, 1.165) is 22.6 Å². The van der Waals surface area contributed by atoms with E-state index in [1.165, 1.54) is 11.1 Å². The maximum absolute atomic E-state index is 12.8. The lowest BCUT2D eigenvalue weighted by Crippen LogP contribution is -2.10. The summed E-state index contributed by atoms with van der Waals surface area (Å²) >= 11 is 0. The molecule has 0 atom stereocenters. The van der Waals surface area contributed by atoms with Crippen molar-refractivity contribution in [3.05, 3.63) is 125 Å². The number of anilines is 3. The lowest BCUT2D eigenvalue weighted by Gasteiger charge is -2.26. The third kappa shape index (κ3) is 4.18. The Morgan fingerprint density at radius 3 is 1.10 bits per heavy atom. The van der Waals surface area contributed by atoms with Crippen LogP contribution in [0.5, 0.6) is 0 Å². The zero-order chi connectivity index (χ0) is 21.1. The van der Waals surface area contributed by atoms with E-state index in [1.54, 1.807) is 0 Å². The highest BCUT2D eigenvalue weighted by Crippen LogP contribution is 2.34. The second-order valence-corrected chi connectivity index (χ2v) is 7.75. The molecule has 0 spiro atoms. The quantitative estimate of drug-likeness (QED) is 0.332. The van der Waals surface area contributed by atoms with Crippen molar-refractivity contribution in [1.82, 2.24) is 0 Å². The van der Waals surface area contributed by atoms with Gasteiger partial charge in [0.2, 0.25) is 0 Å². The van der Waals surface area contributed by atoms with E-state index in [-0.39, 0.29) is 5.78 Å². The molecule has 2 nitrogen and oxygen atoms in total. The lowest BCUT2D eigenvalue weighted by molar-refractivity contribution is 0.103. The van der Waals surface area contributed by atoms with Crippen LogP contribution in [0.3, 0.4) is 0 Å². The molecule has 0 saturated carbocycles. The fourth-order valence-electron chi connectivity index (χ4n) is 3.47. The van der Waals surface area contributed by atoms with Crippen molar-refractivity contribution >= 4 is 22.8 Å². The number of benzene rings is 4. The molecule has 0 aliphatic heterocycles. The second kappa shape index (κ2) is 8.38. The molecule has 0 bridgehead atoms. The summed E-state index contributed by atoms with van der Waals surface area (Å²) < 4.78 is 0. The zero-order valence-corrected chi connectivity index (χ0v) is 17.6. The molecular weight excluding hydrogens is 366 g/mol. The fourth-order valence-corrected chi connectivity index (χ4v) is 3.47. The Bertz CT molecular complexity index is 1090. The van der Waals surface area contributed by atoms with Crippen molar-refractivity contribution < 1.29 is 4.79 Å². The Kier molecular flexibility index (Phi) is 5.49. The van der Waals surface area contributed by atoms with Crippen molar-refractivity contribution in [3.63, 3.8) is 0 Å². The molecule has 0 radical (unpaired) electrons. The van der Waals surface area contributed by atoms with Gasteiger partial charge in [0, 0.05) is 28.2 Å². The standard InChI is InChI=1S/C28H25NO/c1-20-4-10-23(11-5-20)28(30)24-12-18-27(19-13-24)29(25-14-6-21(2)7-15-25)26-16-8-22(3)9-17-26/h4-19H,1-3H3. The van der Waals surface area contributed by atoms with Gasteiger partial charge in [-0.1, -0.05) is 65.2 Å². The molecular formula is C28H25NO. The largest absolute Gasteiger partial charge is 0.311 e. The first kappa shape index (κ1) is 19.7. The number of carbonyl (C=O) groups excluding carboxylic acids is 1. The number of hydrogen-bond acceptors (Lipinski definition) is 2. The number of hydrogen-bond donors (Lipinski definition) is 0. The molecule has 4 aromatic rings. The van der Waals surface area contributed by atoms with Crippen LogP contribution in [0.15, 0.2) is 97.1 Å². The number of carbonyl (C=O) groups is 1. The molecule has 148 valence electrons. The van der Waals surface area contributed by atoms with E-state index in [4.69, 9.17) is 0 Å². The van der Waals surface area contributed by atoms with Crippen molar-refractivity contribution in [2.24, 2.45) is 0 Å². The fraction of sp³-hybridized carbons (Fsp3) is 0.107. The summed E-state index contributed by atoms with van der Waals surface area (Å²) in [6.07, 6.45) is 0. The topological polar surface area (TPSA) is 20.3 Å². The average Bonchev–Trinajstić information content (AvgIpc) is 2.77.